The van der Waals surface area contributed by atoms with Crippen LogP contribution in [0.15, 0.2) is 36.4 Å². The first-order valence-electron chi connectivity index (χ1n) is 5.79. The summed E-state index contributed by atoms with van der Waals surface area (Å²) in [6, 6.07) is 8.78. The van der Waals surface area contributed by atoms with Crippen LogP contribution < -0.4 is 10.1 Å². The molecule has 0 fully saturated rings. The minimum absolute atomic E-state index is 0.305. The Balaban J connectivity index is 1.95. The van der Waals surface area contributed by atoms with E-state index in [4.69, 9.17) is 16.3 Å². The van der Waals surface area contributed by atoms with Crippen molar-refractivity contribution in [1.29, 1.82) is 0 Å². The standard InChI is InChI=1S/C14H10ClF2NO/c15-10-2-1-3-12-14(10)19-13(7-18-12)9-5-4-8(16)6-11(9)17/h1-6,13,18H,7H2. The molecule has 1 N–H and O–H groups in total. The molecule has 0 amide bonds. The molecule has 0 bridgehead atoms. The molecule has 0 saturated carbocycles. The Kier molecular flexibility index (Phi) is 3.03. The van der Waals surface area contributed by atoms with Gasteiger partial charge >= 0.3 is 0 Å². The topological polar surface area (TPSA) is 21.3 Å². The molecule has 3 rings (SSSR count). The lowest BCUT2D eigenvalue weighted by atomic mass is 10.1. The average molecular weight is 282 g/mol. The second-order valence-corrected chi connectivity index (χ2v) is 4.68. The van der Waals surface area contributed by atoms with Crippen molar-refractivity contribution in [2.75, 3.05) is 11.9 Å². The van der Waals surface area contributed by atoms with Crippen molar-refractivity contribution in [2.24, 2.45) is 0 Å². The lowest BCUT2D eigenvalue weighted by molar-refractivity contribution is 0.205. The fourth-order valence-corrected chi connectivity index (χ4v) is 2.31. The predicted octanol–water partition coefficient (Wildman–Crippen LogP) is 4.16. The highest BCUT2D eigenvalue weighted by molar-refractivity contribution is 6.32. The number of benzene rings is 2. The van der Waals surface area contributed by atoms with Crippen molar-refractivity contribution >= 4 is 17.3 Å². The van der Waals surface area contributed by atoms with Gasteiger partial charge in [0.2, 0.25) is 0 Å². The van der Waals surface area contributed by atoms with E-state index in [0.29, 0.717) is 22.9 Å². The zero-order valence-electron chi connectivity index (χ0n) is 9.79. The smallest absolute Gasteiger partial charge is 0.162 e. The predicted molar refractivity (Wildman–Crippen MR) is 69.7 cm³/mol. The van der Waals surface area contributed by atoms with Gasteiger partial charge in [-0.2, -0.15) is 0 Å². The molecule has 19 heavy (non-hydrogen) atoms. The summed E-state index contributed by atoms with van der Waals surface area (Å²) in [6.07, 6.45) is -0.534. The summed E-state index contributed by atoms with van der Waals surface area (Å²) in [7, 11) is 0. The van der Waals surface area contributed by atoms with E-state index in [9.17, 15) is 8.78 Å². The molecular weight excluding hydrogens is 272 g/mol. The number of hydrogen-bond donors (Lipinski definition) is 1. The summed E-state index contributed by atoms with van der Waals surface area (Å²) < 4.78 is 32.3. The number of fused-ring (bicyclic) bond motifs is 1. The molecule has 1 unspecified atom stereocenters. The number of para-hydroxylation sites is 1. The second-order valence-electron chi connectivity index (χ2n) is 4.27. The summed E-state index contributed by atoms with van der Waals surface area (Å²) in [4.78, 5) is 0. The summed E-state index contributed by atoms with van der Waals surface area (Å²) in [5.41, 5.74) is 1.07. The highest BCUT2D eigenvalue weighted by Crippen LogP contribution is 2.39. The molecule has 1 aliphatic rings. The molecule has 2 aromatic carbocycles. The van der Waals surface area contributed by atoms with Crippen LogP contribution in [0.5, 0.6) is 5.75 Å². The maximum absolute atomic E-state index is 13.7. The molecule has 5 heteroatoms. The van der Waals surface area contributed by atoms with E-state index in [1.807, 2.05) is 6.07 Å². The van der Waals surface area contributed by atoms with Gasteiger partial charge in [-0.25, -0.2) is 8.78 Å². The van der Waals surface area contributed by atoms with Crippen LogP contribution in [-0.4, -0.2) is 6.54 Å². The Bertz CT molecular complexity index is 633. The lowest BCUT2D eigenvalue weighted by Gasteiger charge is -2.28. The maximum Gasteiger partial charge on any atom is 0.162 e. The molecule has 1 atom stereocenters. The Morgan fingerprint density at radius 1 is 1.21 bits per heavy atom. The van der Waals surface area contributed by atoms with Gasteiger partial charge in [0.25, 0.3) is 0 Å². The van der Waals surface area contributed by atoms with Crippen LogP contribution >= 0.6 is 11.6 Å². The Morgan fingerprint density at radius 2 is 2.05 bits per heavy atom. The van der Waals surface area contributed by atoms with Crippen LogP contribution in [0.1, 0.15) is 11.7 Å². The lowest BCUT2D eigenvalue weighted by Crippen LogP contribution is -2.24. The summed E-state index contributed by atoms with van der Waals surface area (Å²) in [5.74, 6) is -0.741. The first kappa shape index (κ1) is 12.2. The minimum atomic E-state index is -0.623. The van der Waals surface area contributed by atoms with E-state index in [0.717, 1.165) is 11.8 Å². The van der Waals surface area contributed by atoms with E-state index in [2.05, 4.69) is 5.32 Å². The highest BCUT2D eigenvalue weighted by atomic mass is 35.5. The first-order valence-corrected chi connectivity index (χ1v) is 6.17. The van der Waals surface area contributed by atoms with Gasteiger partial charge in [-0.15, -0.1) is 0 Å². The van der Waals surface area contributed by atoms with Gasteiger partial charge in [-0.1, -0.05) is 17.7 Å². The third kappa shape index (κ3) is 2.24. The third-order valence-corrected chi connectivity index (χ3v) is 3.31. The summed E-state index contributed by atoms with van der Waals surface area (Å²) >= 11 is 6.04. The molecule has 0 aliphatic carbocycles. The van der Waals surface area contributed by atoms with Crippen molar-refractivity contribution < 1.29 is 13.5 Å². The molecular formula is C14H10ClF2NO. The SMILES string of the molecule is Fc1ccc(C2CNc3cccc(Cl)c3O2)c(F)c1. The maximum atomic E-state index is 13.7. The quantitative estimate of drug-likeness (QED) is 0.847. The number of hydrogen-bond acceptors (Lipinski definition) is 2. The Hall–Kier alpha value is -1.81. The van der Waals surface area contributed by atoms with Crippen molar-refractivity contribution in [2.45, 2.75) is 6.10 Å². The molecule has 2 nitrogen and oxygen atoms in total. The highest BCUT2D eigenvalue weighted by Gasteiger charge is 2.25. The molecule has 98 valence electrons. The van der Waals surface area contributed by atoms with Gasteiger partial charge in [-0.3, -0.25) is 0 Å². The Morgan fingerprint density at radius 3 is 2.84 bits per heavy atom. The number of halogens is 3. The van der Waals surface area contributed by atoms with Crippen molar-refractivity contribution in [3.8, 4) is 5.75 Å². The number of ether oxygens (including phenoxy) is 1. The van der Waals surface area contributed by atoms with E-state index in [1.54, 1.807) is 12.1 Å². The largest absolute Gasteiger partial charge is 0.480 e. The van der Waals surface area contributed by atoms with E-state index in [-0.39, 0.29) is 0 Å². The van der Waals surface area contributed by atoms with Crippen molar-refractivity contribution in [1.82, 2.24) is 0 Å². The van der Waals surface area contributed by atoms with Crippen LogP contribution in [0.3, 0.4) is 0 Å². The molecule has 0 spiro atoms. The second kappa shape index (κ2) is 4.70. The van der Waals surface area contributed by atoms with Gasteiger partial charge in [0.1, 0.15) is 17.7 Å². The number of rotatable bonds is 1. The molecule has 0 saturated heterocycles. The van der Waals surface area contributed by atoms with Crippen molar-refractivity contribution in [3.05, 3.63) is 58.6 Å². The monoisotopic (exact) mass is 281 g/mol. The van der Waals surface area contributed by atoms with Gasteiger partial charge in [0.15, 0.2) is 5.75 Å². The molecule has 0 aromatic heterocycles. The zero-order chi connectivity index (χ0) is 13.4. The normalized spacial score (nSPS) is 17.3. The molecule has 0 radical (unpaired) electrons. The zero-order valence-corrected chi connectivity index (χ0v) is 10.5. The molecule has 2 aromatic rings. The van der Waals surface area contributed by atoms with Crippen molar-refractivity contribution in [3.63, 3.8) is 0 Å². The van der Waals surface area contributed by atoms with Gasteiger partial charge in [0.05, 0.1) is 17.3 Å². The van der Waals surface area contributed by atoms with Gasteiger partial charge < -0.3 is 10.1 Å². The van der Waals surface area contributed by atoms with Crippen LogP contribution in [0, 0.1) is 11.6 Å². The van der Waals surface area contributed by atoms with Gasteiger partial charge in [-0.05, 0) is 24.3 Å². The van der Waals surface area contributed by atoms with Crippen LogP contribution in [-0.2, 0) is 0 Å². The average Bonchev–Trinajstić information content (AvgIpc) is 2.39. The minimum Gasteiger partial charge on any atom is -0.480 e. The molecule has 1 aliphatic heterocycles. The third-order valence-electron chi connectivity index (χ3n) is 3.01. The fraction of sp³-hybridized carbons (Fsp3) is 0.143. The summed E-state index contributed by atoms with van der Waals surface area (Å²) in [5, 5.41) is 3.58. The van der Waals surface area contributed by atoms with Crippen LogP contribution in [0.25, 0.3) is 0 Å². The fourth-order valence-electron chi connectivity index (χ4n) is 2.09. The first-order chi connectivity index (χ1) is 9.15. The van der Waals surface area contributed by atoms with E-state index >= 15 is 0 Å². The number of nitrogens with one attached hydrogen (secondary N) is 1. The van der Waals surface area contributed by atoms with E-state index in [1.165, 1.54) is 12.1 Å². The summed E-state index contributed by atoms with van der Waals surface area (Å²) in [6.45, 7) is 0.399. The Labute approximate surface area is 114 Å². The molecule has 1 heterocycles. The van der Waals surface area contributed by atoms with Crippen LogP contribution in [0.2, 0.25) is 5.02 Å². The number of anilines is 1. The van der Waals surface area contributed by atoms with Crippen LogP contribution in [0.4, 0.5) is 14.5 Å². The van der Waals surface area contributed by atoms with E-state index < -0.39 is 17.7 Å². The van der Waals surface area contributed by atoms with Gasteiger partial charge in [0, 0.05) is 11.6 Å².